The standard InChI is InChI=1S/C18H24N4O2/c1-3-4-5-6-12(2)17(24)21-16-14-9-22(10-15(14)16)18-19-7-13(11-23)8-20-18/h3-8,11-12,14-16,18-19H,9-10H2,1-2H3,(H,21,24)/b4-3-,6-5-. The van der Waals surface area contributed by atoms with Crippen molar-refractivity contribution in [1.29, 1.82) is 0 Å². The summed E-state index contributed by atoms with van der Waals surface area (Å²) in [6, 6.07) is 0.292. The molecule has 128 valence electrons. The molecule has 6 heteroatoms. The molecule has 0 bridgehead atoms. The lowest BCUT2D eigenvalue weighted by Crippen LogP contribution is -2.46. The van der Waals surface area contributed by atoms with Crippen molar-refractivity contribution >= 4 is 18.4 Å². The second-order valence-electron chi connectivity index (χ2n) is 6.60. The third-order valence-corrected chi connectivity index (χ3v) is 4.89. The monoisotopic (exact) mass is 328 g/mol. The minimum Gasteiger partial charge on any atom is -0.357 e. The van der Waals surface area contributed by atoms with Crippen molar-refractivity contribution in [1.82, 2.24) is 15.5 Å². The molecule has 2 heterocycles. The summed E-state index contributed by atoms with van der Waals surface area (Å²) in [5, 5.41) is 6.30. The highest BCUT2D eigenvalue weighted by Crippen LogP contribution is 2.46. The van der Waals surface area contributed by atoms with Gasteiger partial charge in [0, 0.05) is 37.1 Å². The van der Waals surface area contributed by atoms with Gasteiger partial charge in [-0.2, -0.15) is 0 Å². The highest BCUT2D eigenvalue weighted by molar-refractivity contribution is 6.02. The van der Waals surface area contributed by atoms with Crippen molar-refractivity contribution in [3.05, 3.63) is 36.1 Å². The third kappa shape index (κ3) is 3.48. The van der Waals surface area contributed by atoms with Gasteiger partial charge in [0.2, 0.25) is 5.91 Å². The van der Waals surface area contributed by atoms with E-state index in [9.17, 15) is 9.59 Å². The van der Waals surface area contributed by atoms with E-state index in [1.54, 1.807) is 12.4 Å². The van der Waals surface area contributed by atoms with E-state index in [-0.39, 0.29) is 18.1 Å². The summed E-state index contributed by atoms with van der Waals surface area (Å²) in [6.45, 7) is 5.69. The van der Waals surface area contributed by atoms with E-state index in [0.29, 0.717) is 23.5 Å². The van der Waals surface area contributed by atoms with Gasteiger partial charge in [-0.3, -0.25) is 19.5 Å². The first-order valence-corrected chi connectivity index (χ1v) is 8.42. The molecule has 6 nitrogen and oxygen atoms in total. The average Bonchev–Trinajstić information content (AvgIpc) is 3.05. The molecule has 24 heavy (non-hydrogen) atoms. The van der Waals surface area contributed by atoms with Gasteiger partial charge in [-0.05, 0) is 18.8 Å². The molecule has 1 saturated heterocycles. The second kappa shape index (κ2) is 7.13. The number of carbonyl (C=O) groups excluding carboxylic acids is 2. The quantitative estimate of drug-likeness (QED) is 0.560. The minimum absolute atomic E-state index is 0.0917. The summed E-state index contributed by atoms with van der Waals surface area (Å²) in [6.07, 6.45) is 11.7. The van der Waals surface area contributed by atoms with Gasteiger partial charge < -0.3 is 10.6 Å². The van der Waals surface area contributed by atoms with Crippen molar-refractivity contribution in [2.45, 2.75) is 26.2 Å². The van der Waals surface area contributed by atoms with Gasteiger partial charge in [0.15, 0.2) is 12.6 Å². The van der Waals surface area contributed by atoms with E-state index < -0.39 is 0 Å². The molecule has 2 fully saturated rings. The molecule has 0 aromatic rings. The molecule has 0 aromatic carbocycles. The fraction of sp³-hybridized carbons (Fsp3) is 0.500. The smallest absolute Gasteiger partial charge is 0.226 e. The summed E-state index contributed by atoms with van der Waals surface area (Å²) in [5.41, 5.74) is 0.556. The Kier molecular flexibility index (Phi) is 4.94. The highest BCUT2D eigenvalue weighted by Gasteiger charge is 2.57. The van der Waals surface area contributed by atoms with Crippen LogP contribution in [0.5, 0.6) is 0 Å². The Hall–Kier alpha value is -2.21. The van der Waals surface area contributed by atoms with Crippen LogP contribution in [-0.4, -0.2) is 48.7 Å². The Balaban J connectivity index is 1.44. The average molecular weight is 328 g/mol. The maximum Gasteiger partial charge on any atom is 0.226 e. The van der Waals surface area contributed by atoms with Crippen LogP contribution in [-0.2, 0) is 9.59 Å². The zero-order valence-electron chi connectivity index (χ0n) is 14.1. The third-order valence-electron chi connectivity index (χ3n) is 4.89. The number of hydrogen-bond donors (Lipinski definition) is 2. The number of piperidine rings is 1. The van der Waals surface area contributed by atoms with Gasteiger partial charge in [0.25, 0.3) is 0 Å². The number of rotatable bonds is 6. The summed E-state index contributed by atoms with van der Waals surface area (Å²) in [5.74, 6) is 0.993. The predicted molar refractivity (Wildman–Crippen MR) is 93.2 cm³/mol. The number of fused-ring (bicyclic) bond motifs is 1. The first-order chi connectivity index (χ1) is 11.6. The number of aldehydes is 1. The topological polar surface area (TPSA) is 73.8 Å². The van der Waals surface area contributed by atoms with Crippen molar-refractivity contribution in [3.63, 3.8) is 0 Å². The number of likely N-dealkylation sites (tertiary alicyclic amines) is 1. The normalized spacial score (nSPS) is 33.2. The van der Waals surface area contributed by atoms with Crippen LogP contribution in [0.2, 0.25) is 0 Å². The Bertz CT molecular complexity index is 611. The van der Waals surface area contributed by atoms with Gasteiger partial charge in [-0.15, -0.1) is 0 Å². The largest absolute Gasteiger partial charge is 0.357 e. The molecule has 0 spiro atoms. The molecule has 0 aromatic heterocycles. The molecule has 0 radical (unpaired) electrons. The predicted octanol–water partition coefficient (Wildman–Crippen LogP) is 0.842. The molecular weight excluding hydrogens is 304 g/mol. The number of nitrogens with one attached hydrogen (secondary N) is 2. The van der Waals surface area contributed by atoms with Gasteiger partial charge in [0.05, 0.1) is 5.92 Å². The molecule has 4 unspecified atom stereocenters. The number of carbonyl (C=O) groups is 2. The summed E-state index contributed by atoms with van der Waals surface area (Å²) < 4.78 is 0. The molecule has 3 aliphatic rings. The van der Waals surface area contributed by atoms with E-state index in [2.05, 4.69) is 20.5 Å². The molecule has 3 rings (SSSR count). The van der Waals surface area contributed by atoms with Crippen molar-refractivity contribution in [3.8, 4) is 0 Å². The van der Waals surface area contributed by atoms with E-state index >= 15 is 0 Å². The zero-order valence-corrected chi connectivity index (χ0v) is 14.1. The first-order valence-electron chi connectivity index (χ1n) is 8.42. The van der Waals surface area contributed by atoms with Crippen LogP contribution in [0.1, 0.15) is 13.8 Å². The van der Waals surface area contributed by atoms with Gasteiger partial charge in [-0.1, -0.05) is 31.2 Å². The molecule has 1 aliphatic carbocycles. The van der Waals surface area contributed by atoms with Gasteiger partial charge in [0.1, 0.15) is 0 Å². The Morgan fingerprint density at radius 3 is 2.75 bits per heavy atom. The minimum atomic E-state index is -0.116. The Morgan fingerprint density at radius 2 is 2.17 bits per heavy atom. The lowest BCUT2D eigenvalue weighted by Gasteiger charge is -2.28. The van der Waals surface area contributed by atoms with Crippen LogP contribution in [0.4, 0.5) is 0 Å². The maximum atomic E-state index is 12.2. The van der Waals surface area contributed by atoms with E-state index in [1.807, 2.05) is 38.2 Å². The molecule has 2 aliphatic heterocycles. The number of aliphatic imine (C=N–C) groups is 1. The van der Waals surface area contributed by atoms with Crippen LogP contribution in [0.3, 0.4) is 0 Å². The Morgan fingerprint density at radius 1 is 1.42 bits per heavy atom. The fourth-order valence-electron chi connectivity index (χ4n) is 3.37. The van der Waals surface area contributed by atoms with Crippen molar-refractivity contribution in [2.75, 3.05) is 13.1 Å². The van der Waals surface area contributed by atoms with Crippen molar-refractivity contribution < 1.29 is 9.59 Å². The van der Waals surface area contributed by atoms with Gasteiger partial charge >= 0.3 is 0 Å². The van der Waals surface area contributed by atoms with Gasteiger partial charge in [-0.25, -0.2) is 0 Å². The van der Waals surface area contributed by atoms with E-state index in [4.69, 9.17) is 0 Å². The van der Waals surface area contributed by atoms with Crippen LogP contribution in [0.15, 0.2) is 41.1 Å². The summed E-state index contributed by atoms with van der Waals surface area (Å²) in [4.78, 5) is 29.5. The number of hydrogen-bond acceptors (Lipinski definition) is 5. The molecule has 1 saturated carbocycles. The lowest BCUT2D eigenvalue weighted by atomic mass is 10.1. The second-order valence-corrected chi connectivity index (χ2v) is 6.60. The first kappa shape index (κ1) is 16.6. The number of amides is 1. The fourth-order valence-corrected chi connectivity index (χ4v) is 3.37. The van der Waals surface area contributed by atoms with E-state index in [0.717, 1.165) is 19.4 Å². The van der Waals surface area contributed by atoms with Crippen LogP contribution >= 0.6 is 0 Å². The molecule has 2 N–H and O–H groups in total. The SMILES string of the molecule is C/C=C\C=C/C(C)C(=O)NC1C2CN(C3N=CC(C=O)=CN3)CC21. The highest BCUT2D eigenvalue weighted by atomic mass is 16.2. The molecule has 1 amide bonds. The Labute approximate surface area is 142 Å². The summed E-state index contributed by atoms with van der Waals surface area (Å²) in [7, 11) is 0. The van der Waals surface area contributed by atoms with E-state index in [1.165, 1.54) is 0 Å². The molecular formula is C18H24N4O2. The van der Waals surface area contributed by atoms with Crippen molar-refractivity contribution in [2.24, 2.45) is 22.7 Å². The summed E-state index contributed by atoms with van der Waals surface area (Å²) >= 11 is 0. The van der Waals surface area contributed by atoms with Crippen LogP contribution < -0.4 is 10.6 Å². The molecule has 4 atom stereocenters. The number of nitrogens with zero attached hydrogens (tertiary/aromatic N) is 2. The zero-order chi connectivity index (χ0) is 17.1. The maximum absolute atomic E-state index is 12.2. The lowest BCUT2D eigenvalue weighted by molar-refractivity contribution is -0.123. The van der Waals surface area contributed by atoms with Crippen LogP contribution in [0, 0.1) is 17.8 Å². The number of allylic oxidation sites excluding steroid dienone is 4. The van der Waals surface area contributed by atoms with Crippen LogP contribution in [0.25, 0.3) is 0 Å².